The van der Waals surface area contributed by atoms with Crippen molar-refractivity contribution in [1.29, 1.82) is 0 Å². The molecule has 0 saturated heterocycles. The Morgan fingerprint density at radius 3 is 2.63 bits per heavy atom. The fourth-order valence-electron chi connectivity index (χ4n) is 3.41. The molecule has 3 heterocycles. The third kappa shape index (κ3) is 3.66. The molecule has 0 N–H and O–H groups in total. The average molecular weight is 443 g/mol. The highest BCUT2D eigenvalue weighted by Crippen LogP contribution is 2.31. The second-order valence-corrected chi connectivity index (χ2v) is 8.25. The Balaban J connectivity index is 1.96. The van der Waals surface area contributed by atoms with Crippen LogP contribution in [-0.2, 0) is 9.53 Å². The lowest BCUT2D eigenvalue weighted by Gasteiger charge is -2.24. The molecule has 2 aromatic heterocycles. The summed E-state index contributed by atoms with van der Waals surface area (Å²) in [7, 11) is 0. The number of benzene rings is 1. The highest BCUT2D eigenvalue weighted by Gasteiger charge is 2.33. The van der Waals surface area contributed by atoms with Crippen molar-refractivity contribution in [2.24, 2.45) is 4.99 Å². The van der Waals surface area contributed by atoms with E-state index in [9.17, 15) is 9.59 Å². The average Bonchev–Trinajstić information content (AvgIpc) is 3.24. The molecule has 4 rings (SSSR count). The highest BCUT2D eigenvalue weighted by molar-refractivity contribution is 7.07. The molecule has 1 aliphatic heterocycles. The molecule has 0 spiro atoms. The third-order valence-electron chi connectivity index (χ3n) is 4.74. The summed E-state index contributed by atoms with van der Waals surface area (Å²) >= 11 is 7.31. The Bertz CT molecular complexity index is 1330. The van der Waals surface area contributed by atoms with Gasteiger partial charge in [-0.15, -0.1) is 0 Å². The minimum absolute atomic E-state index is 0.227. The molecule has 0 bridgehead atoms. The molecule has 1 aromatic carbocycles. The molecular formula is C22H19ClN2O4S. The number of fused-ring (bicyclic) bond motifs is 1. The van der Waals surface area contributed by atoms with E-state index in [1.807, 2.05) is 13.0 Å². The number of hydrogen-bond donors (Lipinski definition) is 0. The first kappa shape index (κ1) is 20.4. The third-order valence-corrected chi connectivity index (χ3v) is 5.97. The fraction of sp³-hybridized carbons (Fsp3) is 0.227. The van der Waals surface area contributed by atoms with Crippen LogP contribution in [0.1, 0.15) is 37.0 Å². The van der Waals surface area contributed by atoms with Gasteiger partial charge in [0.05, 0.1) is 28.5 Å². The molecule has 0 amide bonds. The molecule has 30 heavy (non-hydrogen) atoms. The van der Waals surface area contributed by atoms with Crippen molar-refractivity contribution in [3.05, 3.63) is 89.5 Å². The summed E-state index contributed by atoms with van der Waals surface area (Å²) in [5.41, 5.74) is 1.36. The molecular weight excluding hydrogens is 424 g/mol. The number of rotatable bonds is 4. The van der Waals surface area contributed by atoms with Gasteiger partial charge in [0, 0.05) is 11.1 Å². The molecule has 3 aromatic rings. The number of carbonyl (C=O) groups is 1. The van der Waals surface area contributed by atoms with Gasteiger partial charge < -0.3 is 9.15 Å². The zero-order valence-electron chi connectivity index (χ0n) is 16.6. The second-order valence-electron chi connectivity index (χ2n) is 6.80. The Hall–Kier alpha value is -2.90. The van der Waals surface area contributed by atoms with Gasteiger partial charge in [-0.1, -0.05) is 35.1 Å². The van der Waals surface area contributed by atoms with E-state index < -0.39 is 12.0 Å². The molecule has 1 aliphatic rings. The van der Waals surface area contributed by atoms with Gasteiger partial charge in [0.25, 0.3) is 5.56 Å². The maximum absolute atomic E-state index is 13.3. The molecule has 6 nitrogen and oxygen atoms in total. The van der Waals surface area contributed by atoms with Crippen LogP contribution in [0.4, 0.5) is 0 Å². The van der Waals surface area contributed by atoms with Gasteiger partial charge in [0.2, 0.25) is 0 Å². The molecule has 0 aliphatic carbocycles. The first-order chi connectivity index (χ1) is 14.4. The van der Waals surface area contributed by atoms with Crippen molar-refractivity contribution in [3.63, 3.8) is 0 Å². The number of thiazole rings is 1. The fourth-order valence-corrected chi connectivity index (χ4v) is 4.56. The van der Waals surface area contributed by atoms with Crippen molar-refractivity contribution in [2.45, 2.75) is 26.8 Å². The SMILES string of the molecule is CCOC(=O)C1=C(C)N=c2s/c(=C/c3ccc(C)o3)c(=O)n2[C@@H]1c1ccc(Cl)cc1. The van der Waals surface area contributed by atoms with E-state index in [1.54, 1.807) is 50.3 Å². The Morgan fingerprint density at radius 2 is 2.00 bits per heavy atom. The molecule has 0 radical (unpaired) electrons. The maximum atomic E-state index is 13.3. The minimum Gasteiger partial charge on any atom is -0.463 e. The van der Waals surface area contributed by atoms with Gasteiger partial charge in [-0.25, -0.2) is 9.79 Å². The normalized spacial score (nSPS) is 16.4. The summed E-state index contributed by atoms with van der Waals surface area (Å²) in [6, 6.07) is 10.1. The number of furan rings is 1. The van der Waals surface area contributed by atoms with Gasteiger partial charge in [0.1, 0.15) is 11.5 Å². The minimum atomic E-state index is -0.655. The molecule has 154 valence electrons. The van der Waals surface area contributed by atoms with Crippen LogP contribution < -0.4 is 14.9 Å². The number of carbonyl (C=O) groups excluding carboxylic acids is 1. The van der Waals surface area contributed by atoms with E-state index in [0.717, 1.165) is 11.3 Å². The lowest BCUT2D eigenvalue weighted by molar-refractivity contribution is -0.139. The van der Waals surface area contributed by atoms with Gasteiger partial charge in [0.15, 0.2) is 4.80 Å². The van der Waals surface area contributed by atoms with Gasteiger partial charge in [-0.2, -0.15) is 0 Å². The molecule has 0 fully saturated rings. The lowest BCUT2D eigenvalue weighted by Crippen LogP contribution is -2.39. The Labute approximate surface area is 181 Å². The Morgan fingerprint density at radius 1 is 1.27 bits per heavy atom. The van der Waals surface area contributed by atoms with Crippen LogP contribution >= 0.6 is 22.9 Å². The van der Waals surface area contributed by atoms with Gasteiger partial charge in [-0.05, 0) is 50.6 Å². The zero-order chi connectivity index (χ0) is 21.4. The van der Waals surface area contributed by atoms with E-state index in [2.05, 4.69) is 4.99 Å². The summed E-state index contributed by atoms with van der Waals surface area (Å²) < 4.78 is 12.9. The molecule has 1 atom stereocenters. The smallest absolute Gasteiger partial charge is 0.338 e. The monoisotopic (exact) mass is 442 g/mol. The predicted octanol–water partition coefficient (Wildman–Crippen LogP) is 3.35. The van der Waals surface area contributed by atoms with Crippen molar-refractivity contribution in [1.82, 2.24) is 4.57 Å². The standard InChI is InChI=1S/C22H19ClN2O4S/c1-4-28-21(27)18-13(3)24-22-25(19(18)14-6-8-15(23)9-7-14)20(26)17(30-22)11-16-10-5-12(2)29-16/h5-11,19H,4H2,1-3H3/b17-11+/t19-/m1/s1. The van der Waals surface area contributed by atoms with Crippen LogP contribution in [0, 0.1) is 6.92 Å². The van der Waals surface area contributed by atoms with E-state index in [4.69, 9.17) is 20.8 Å². The van der Waals surface area contributed by atoms with Gasteiger partial charge >= 0.3 is 5.97 Å². The topological polar surface area (TPSA) is 73.8 Å². The van der Waals surface area contributed by atoms with E-state index >= 15 is 0 Å². The number of esters is 1. The van der Waals surface area contributed by atoms with Crippen LogP contribution in [0.5, 0.6) is 0 Å². The lowest BCUT2D eigenvalue weighted by atomic mass is 9.96. The summed E-state index contributed by atoms with van der Waals surface area (Å²) in [6.45, 7) is 5.56. The predicted molar refractivity (Wildman–Crippen MR) is 115 cm³/mol. The summed E-state index contributed by atoms with van der Waals surface area (Å²) in [5.74, 6) is 0.852. The van der Waals surface area contributed by atoms with E-state index in [-0.39, 0.29) is 12.2 Å². The quantitative estimate of drug-likeness (QED) is 0.581. The van der Waals surface area contributed by atoms with Crippen LogP contribution in [0.3, 0.4) is 0 Å². The number of aromatic nitrogens is 1. The number of hydrogen-bond acceptors (Lipinski definition) is 6. The summed E-state index contributed by atoms with van der Waals surface area (Å²) in [6.07, 6.45) is 1.69. The Kier molecular flexibility index (Phi) is 5.49. The van der Waals surface area contributed by atoms with Crippen LogP contribution in [0.15, 0.2) is 61.9 Å². The maximum Gasteiger partial charge on any atom is 0.338 e. The van der Waals surface area contributed by atoms with Gasteiger partial charge in [-0.3, -0.25) is 9.36 Å². The van der Waals surface area contributed by atoms with E-state index in [1.165, 1.54) is 15.9 Å². The summed E-state index contributed by atoms with van der Waals surface area (Å²) in [5, 5.41) is 0.567. The van der Waals surface area contributed by atoms with Crippen LogP contribution in [-0.4, -0.2) is 17.1 Å². The number of halogens is 1. The number of aryl methyl sites for hydroxylation is 1. The molecule has 8 heteroatoms. The number of ether oxygens (including phenoxy) is 1. The number of nitrogens with zero attached hydrogens (tertiary/aromatic N) is 2. The van der Waals surface area contributed by atoms with E-state index in [0.29, 0.717) is 31.4 Å². The van der Waals surface area contributed by atoms with Crippen LogP contribution in [0.2, 0.25) is 5.02 Å². The zero-order valence-corrected chi connectivity index (χ0v) is 18.2. The van der Waals surface area contributed by atoms with Crippen molar-refractivity contribution in [3.8, 4) is 0 Å². The van der Waals surface area contributed by atoms with Crippen molar-refractivity contribution >= 4 is 35.0 Å². The first-order valence-corrected chi connectivity index (χ1v) is 10.6. The molecule has 0 saturated carbocycles. The van der Waals surface area contributed by atoms with Crippen molar-refractivity contribution in [2.75, 3.05) is 6.61 Å². The number of allylic oxidation sites excluding steroid dienone is 1. The van der Waals surface area contributed by atoms with Crippen LogP contribution in [0.25, 0.3) is 6.08 Å². The highest BCUT2D eigenvalue weighted by atomic mass is 35.5. The summed E-state index contributed by atoms with van der Waals surface area (Å²) in [4.78, 5) is 31.2. The molecule has 0 unspecified atom stereocenters. The second kappa shape index (κ2) is 8.08. The largest absolute Gasteiger partial charge is 0.463 e. The first-order valence-electron chi connectivity index (χ1n) is 9.40. The van der Waals surface area contributed by atoms with Crippen molar-refractivity contribution < 1.29 is 13.9 Å².